The summed E-state index contributed by atoms with van der Waals surface area (Å²) in [6.45, 7) is 0. The van der Waals surface area contributed by atoms with Crippen molar-refractivity contribution in [1.82, 2.24) is 5.32 Å². The predicted octanol–water partition coefficient (Wildman–Crippen LogP) is 3.77. The zero-order valence-electron chi connectivity index (χ0n) is 16.0. The number of hydrogen-bond donors (Lipinski definition) is 3. The van der Waals surface area contributed by atoms with Gasteiger partial charge in [-0.3, -0.25) is 9.52 Å². The molecule has 0 aromatic heterocycles. The molecule has 6 nitrogen and oxygen atoms in total. The van der Waals surface area contributed by atoms with Gasteiger partial charge in [0, 0.05) is 24.2 Å². The van der Waals surface area contributed by atoms with E-state index in [1.54, 1.807) is 54.6 Å². The molecule has 0 aliphatic carbocycles. The second-order valence-electron chi connectivity index (χ2n) is 7.73. The van der Waals surface area contributed by atoms with E-state index in [2.05, 4.69) is 15.4 Å². The van der Waals surface area contributed by atoms with Crippen LogP contribution in [-0.4, -0.2) is 26.4 Å². The molecule has 3 N–H and O–H groups in total. The molecule has 0 spiro atoms. The Balaban J connectivity index is 0.00000240. The third kappa shape index (κ3) is 5.50. The van der Waals surface area contributed by atoms with Gasteiger partial charge in [0.2, 0.25) is 5.91 Å². The lowest BCUT2D eigenvalue weighted by Crippen LogP contribution is -2.39. The van der Waals surface area contributed by atoms with Gasteiger partial charge < -0.3 is 10.6 Å². The van der Waals surface area contributed by atoms with E-state index in [1.165, 1.54) is 12.8 Å². The summed E-state index contributed by atoms with van der Waals surface area (Å²) in [5, 5.41) is 6.50. The largest absolute Gasteiger partial charge is 0.326 e. The van der Waals surface area contributed by atoms with Crippen LogP contribution < -0.4 is 15.4 Å². The minimum Gasteiger partial charge on any atom is -0.326 e. The number of benzene rings is 2. The molecule has 8 heteroatoms. The van der Waals surface area contributed by atoms with Crippen LogP contribution in [0.25, 0.3) is 0 Å². The molecule has 0 saturated carbocycles. The average molecular weight is 436 g/mol. The fraction of sp³-hybridized carbons (Fsp3) is 0.381. The molecule has 1 amide bonds. The first-order valence-electron chi connectivity index (χ1n) is 9.72. The van der Waals surface area contributed by atoms with Crippen molar-refractivity contribution < 1.29 is 13.2 Å². The lowest BCUT2D eigenvalue weighted by atomic mass is 9.89. The van der Waals surface area contributed by atoms with Gasteiger partial charge >= 0.3 is 0 Å². The van der Waals surface area contributed by atoms with Crippen molar-refractivity contribution in [1.29, 1.82) is 0 Å². The van der Waals surface area contributed by atoms with E-state index in [0.29, 0.717) is 35.8 Å². The minimum atomic E-state index is -3.66. The standard InChI is InChI=1S/C21H25N3O3S.ClH/c25-21(13-15-11-17-9-10-18(12-15)22-17)23-16-5-4-6-19(14-16)24-28(26,27)20-7-2-1-3-8-20;/h1-8,14-15,17-18,22,24H,9-13H2,(H,23,25);1H. The average Bonchev–Trinajstić information content (AvgIpc) is 3.00. The predicted molar refractivity (Wildman–Crippen MR) is 117 cm³/mol. The fourth-order valence-corrected chi connectivity index (χ4v) is 5.36. The molecule has 156 valence electrons. The maximum atomic E-state index is 12.5. The van der Waals surface area contributed by atoms with Crippen LogP contribution in [0.5, 0.6) is 0 Å². The highest BCUT2D eigenvalue weighted by Gasteiger charge is 2.34. The highest BCUT2D eigenvalue weighted by atomic mass is 35.5. The Labute approximate surface area is 177 Å². The van der Waals surface area contributed by atoms with Gasteiger partial charge in [-0.15, -0.1) is 12.4 Å². The lowest BCUT2D eigenvalue weighted by Gasteiger charge is -2.28. The molecule has 2 aromatic rings. The summed E-state index contributed by atoms with van der Waals surface area (Å²) >= 11 is 0. The topological polar surface area (TPSA) is 87.3 Å². The second-order valence-corrected chi connectivity index (χ2v) is 9.41. The molecule has 2 atom stereocenters. The number of nitrogens with one attached hydrogen (secondary N) is 3. The van der Waals surface area contributed by atoms with Crippen LogP contribution >= 0.6 is 12.4 Å². The van der Waals surface area contributed by atoms with Crippen LogP contribution in [0.1, 0.15) is 32.1 Å². The van der Waals surface area contributed by atoms with Crippen molar-refractivity contribution >= 4 is 39.7 Å². The Bertz CT molecular complexity index is 941. The molecule has 0 radical (unpaired) electrons. The molecule has 2 fully saturated rings. The number of piperidine rings is 1. The van der Waals surface area contributed by atoms with E-state index in [1.807, 2.05) is 0 Å². The van der Waals surface area contributed by atoms with Gasteiger partial charge in [0.05, 0.1) is 10.6 Å². The van der Waals surface area contributed by atoms with Crippen molar-refractivity contribution in [2.45, 2.75) is 49.1 Å². The number of rotatable bonds is 6. The van der Waals surface area contributed by atoms with Gasteiger partial charge in [-0.05, 0) is 61.9 Å². The van der Waals surface area contributed by atoms with E-state index in [0.717, 1.165) is 12.8 Å². The van der Waals surface area contributed by atoms with Gasteiger partial charge in [0.15, 0.2) is 0 Å². The lowest BCUT2D eigenvalue weighted by molar-refractivity contribution is -0.117. The van der Waals surface area contributed by atoms with Crippen molar-refractivity contribution in [2.75, 3.05) is 10.0 Å². The molecule has 2 saturated heterocycles. The van der Waals surface area contributed by atoms with Crippen molar-refractivity contribution in [2.24, 2.45) is 5.92 Å². The van der Waals surface area contributed by atoms with Crippen LogP contribution in [0.15, 0.2) is 59.5 Å². The zero-order chi connectivity index (χ0) is 19.6. The van der Waals surface area contributed by atoms with Crippen LogP contribution in [-0.2, 0) is 14.8 Å². The summed E-state index contributed by atoms with van der Waals surface area (Å²) in [4.78, 5) is 12.7. The van der Waals surface area contributed by atoms with Gasteiger partial charge in [0.1, 0.15) is 0 Å². The maximum Gasteiger partial charge on any atom is 0.261 e. The Morgan fingerprint density at radius 3 is 2.31 bits per heavy atom. The van der Waals surface area contributed by atoms with Crippen molar-refractivity contribution in [3.63, 3.8) is 0 Å². The third-order valence-electron chi connectivity index (χ3n) is 5.50. The third-order valence-corrected chi connectivity index (χ3v) is 6.89. The smallest absolute Gasteiger partial charge is 0.261 e. The van der Waals surface area contributed by atoms with Crippen LogP contribution in [0.4, 0.5) is 11.4 Å². The fourth-order valence-electron chi connectivity index (χ4n) is 4.29. The van der Waals surface area contributed by atoms with Gasteiger partial charge in [-0.2, -0.15) is 0 Å². The first-order chi connectivity index (χ1) is 13.5. The van der Waals surface area contributed by atoms with E-state index < -0.39 is 10.0 Å². The molecule has 29 heavy (non-hydrogen) atoms. The summed E-state index contributed by atoms with van der Waals surface area (Å²) in [6.07, 6.45) is 5.05. The van der Waals surface area contributed by atoms with E-state index in [9.17, 15) is 13.2 Å². The first kappa shape index (κ1) is 21.6. The monoisotopic (exact) mass is 435 g/mol. The Hall–Kier alpha value is -2.09. The molecule has 2 aliphatic heterocycles. The number of amides is 1. The molecule has 2 bridgehead atoms. The van der Waals surface area contributed by atoms with Crippen LogP contribution in [0.2, 0.25) is 0 Å². The van der Waals surface area contributed by atoms with E-state index >= 15 is 0 Å². The minimum absolute atomic E-state index is 0. The zero-order valence-corrected chi connectivity index (χ0v) is 17.6. The number of anilines is 2. The Kier molecular flexibility index (Phi) is 6.82. The van der Waals surface area contributed by atoms with E-state index in [-0.39, 0.29) is 23.2 Å². The molecular formula is C21H26ClN3O3S. The van der Waals surface area contributed by atoms with Crippen LogP contribution in [0, 0.1) is 5.92 Å². The Morgan fingerprint density at radius 1 is 0.966 bits per heavy atom. The maximum absolute atomic E-state index is 12.5. The summed E-state index contributed by atoms with van der Waals surface area (Å²) in [6, 6.07) is 16.1. The molecular weight excluding hydrogens is 410 g/mol. The van der Waals surface area contributed by atoms with Gasteiger partial charge in [-0.25, -0.2) is 8.42 Å². The molecule has 2 unspecified atom stereocenters. The normalized spacial score (nSPS) is 23.1. The van der Waals surface area contributed by atoms with Crippen molar-refractivity contribution in [3.8, 4) is 0 Å². The molecule has 4 rings (SSSR count). The summed E-state index contributed by atoms with van der Waals surface area (Å²) in [7, 11) is -3.66. The highest BCUT2D eigenvalue weighted by molar-refractivity contribution is 7.92. The highest BCUT2D eigenvalue weighted by Crippen LogP contribution is 2.33. The van der Waals surface area contributed by atoms with E-state index in [4.69, 9.17) is 0 Å². The Morgan fingerprint density at radius 2 is 1.62 bits per heavy atom. The number of carbonyl (C=O) groups excluding carboxylic acids is 1. The molecule has 2 aliphatic rings. The first-order valence-corrected chi connectivity index (χ1v) is 11.2. The SMILES string of the molecule is Cl.O=C(CC1CC2CCC(C1)N2)Nc1cccc(NS(=O)(=O)c2ccccc2)c1. The number of fused-ring (bicyclic) bond motifs is 2. The summed E-state index contributed by atoms with van der Waals surface area (Å²) in [5.74, 6) is 0.396. The van der Waals surface area contributed by atoms with Gasteiger partial charge in [-0.1, -0.05) is 24.3 Å². The summed E-state index contributed by atoms with van der Waals surface area (Å²) in [5.41, 5.74) is 1.01. The summed E-state index contributed by atoms with van der Waals surface area (Å²) < 4.78 is 27.5. The van der Waals surface area contributed by atoms with Gasteiger partial charge in [0.25, 0.3) is 10.0 Å². The molecule has 2 aromatic carbocycles. The van der Waals surface area contributed by atoms with Crippen LogP contribution in [0.3, 0.4) is 0 Å². The number of sulfonamides is 1. The number of halogens is 1. The molecule has 2 heterocycles. The number of hydrogen-bond acceptors (Lipinski definition) is 4. The van der Waals surface area contributed by atoms with Crippen molar-refractivity contribution in [3.05, 3.63) is 54.6 Å². The second kappa shape index (κ2) is 9.15. The quantitative estimate of drug-likeness (QED) is 0.644. The number of carbonyl (C=O) groups is 1.